The van der Waals surface area contributed by atoms with Crippen molar-refractivity contribution in [2.75, 3.05) is 37.0 Å². The van der Waals surface area contributed by atoms with Gasteiger partial charge in [-0.25, -0.2) is 15.0 Å². The third-order valence-corrected chi connectivity index (χ3v) is 6.48. The molecule has 170 valence electrons. The van der Waals surface area contributed by atoms with Gasteiger partial charge in [-0.3, -0.25) is 9.36 Å². The highest BCUT2D eigenvalue weighted by molar-refractivity contribution is 7.13. The number of methoxy groups -OCH3 is 1. The molecule has 1 aliphatic rings. The van der Waals surface area contributed by atoms with Crippen LogP contribution in [0.1, 0.15) is 18.3 Å². The molecule has 32 heavy (non-hydrogen) atoms. The summed E-state index contributed by atoms with van der Waals surface area (Å²) >= 11 is 1.60. The van der Waals surface area contributed by atoms with E-state index in [1.165, 1.54) is 0 Å². The molecular weight excluding hydrogens is 428 g/mol. The fraction of sp³-hybridized carbons (Fsp3) is 0.455. The lowest BCUT2D eigenvalue weighted by Crippen LogP contribution is -2.38. The molecule has 2 unspecified atom stereocenters. The average Bonchev–Trinajstić information content (AvgIpc) is 3.44. The molecule has 1 saturated heterocycles. The summed E-state index contributed by atoms with van der Waals surface area (Å²) in [7, 11) is 3.31. The summed E-state index contributed by atoms with van der Waals surface area (Å²) in [6, 6.07) is 3.60. The summed E-state index contributed by atoms with van der Waals surface area (Å²) in [5.41, 5.74) is 2.54. The second-order valence-electron chi connectivity index (χ2n) is 7.71. The zero-order valence-electron chi connectivity index (χ0n) is 19.0. The smallest absolute Gasteiger partial charge is 0.277 e. The first-order valence-corrected chi connectivity index (χ1v) is 11.4. The van der Waals surface area contributed by atoms with E-state index in [1.54, 1.807) is 42.3 Å². The van der Waals surface area contributed by atoms with Gasteiger partial charge in [-0.2, -0.15) is 0 Å². The lowest BCUT2D eigenvalue weighted by Gasteiger charge is -2.22. The van der Waals surface area contributed by atoms with E-state index in [9.17, 15) is 4.79 Å². The highest BCUT2D eigenvalue weighted by Crippen LogP contribution is 2.27. The Morgan fingerprint density at radius 1 is 1.22 bits per heavy atom. The third kappa shape index (κ3) is 4.20. The molecular formula is C22H28N6O3S. The second kappa shape index (κ2) is 9.25. The first-order valence-electron chi connectivity index (χ1n) is 10.5. The van der Waals surface area contributed by atoms with Gasteiger partial charge >= 0.3 is 0 Å². The quantitative estimate of drug-likeness (QED) is 0.580. The lowest BCUT2D eigenvalue weighted by molar-refractivity contribution is 0.0720. The summed E-state index contributed by atoms with van der Waals surface area (Å²) in [5, 5.41) is 6.36. The Labute approximate surface area is 191 Å². The van der Waals surface area contributed by atoms with E-state index in [1.807, 2.05) is 32.2 Å². The normalized spacial score (nSPS) is 18.2. The predicted octanol–water partition coefficient (Wildman–Crippen LogP) is 2.63. The second-order valence-corrected chi connectivity index (χ2v) is 8.58. The van der Waals surface area contributed by atoms with Crippen LogP contribution >= 0.6 is 11.3 Å². The summed E-state index contributed by atoms with van der Waals surface area (Å²) in [5.74, 6) is 1.10. The molecule has 9 nitrogen and oxygen atoms in total. The van der Waals surface area contributed by atoms with Crippen molar-refractivity contribution < 1.29 is 9.47 Å². The Morgan fingerprint density at radius 2 is 2.03 bits per heavy atom. The molecule has 1 aliphatic heterocycles. The zero-order valence-corrected chi connectivity index (χ0v) is 19.8. The van der Waals surface area contributed by atoms with Crippen molar-refractivity contribution in [1.29, 1.82) is 0 Å². The van der Waals surface area contributed by atoms with Crippen LogP contribution in [0.15, 0.2) is 28.5 Å². The Bertz CT molecular complexity index is 1150. The molecule has 2 atom stereocenters. The monoisotopic (exact) mass is 456 g/mol. The van der Waals surface area contributed by atoms with Crippen molar-refractivity contribution in [3.63, 3.8) is 0 Å². The zero-order chi connectivity index (χ0) is 22.8. The van der Waals surface area contributed by atoms with Crippen molar-refractivity contribution in [2.45, 2.75) is 32.9 Å². The molecule has 0 radical (unpaired) electrons. The van der Waals surface area contributed by atoms with Crippen LogP contribution in [0.25, 0.3) is 11.4 Å². The largest absolute Gasteiger partial charge is 0.481 e. The Kier molecular flexibility index (Phi) is 6.43. The van der Waals surface area contributed by atoms with Crippen molar-refractivity contribution in [3.8, 4) is 17.3 Å². The maximum Gasteiger partial charge on any atom is 0.277 e. The molecule has 4 rings (SSSR count). The van der Waals surface area contributed by atoms with Gasteiger partial charge in [0.2, 0.25) is 5.88 Å². The number of nitrogens with zero attached hydrogens (tertiary/aromatic N) is 5. The van der Waals surface area contributed by atoms with Crippen LogP contribution in [0.3, 0.4) is 0 Å². The molecule has 3 aromatic heterocycles. The standard InChI is InChI=1S/C22H28N6O3S/c1-6-31-17-12-28(22-23-9-10-32-22)11-16(17)26-19-14(3)25-20(27(4)21(19)29)15-7-8-18(30-5)24-13(15)2/h7-10,16-17,26H,6,11-12H2,1-5H3. The molecule has 10 heteroatoms. The van der Waals surface area contributed by atoms with Crippen LogP contribution in [0.4, 0.5) is 10.8 Å². The van der Waals surface area contributed by atoms with E-state index in [2.05, 4.69) is 20.2 Å². The van der Waals surface area contributed by atoms with Gasteiger partial charge in [0.1, 0.15) is 11.5 Å². The van der Waals surface area contributed by atoms with Gasteiger partial charge in [0.15, 0.2) is 5.13 Å². The maximum atomic E-state index is 13.3. The molecule has 3 aromatic rings. The van der Waals surface area contributed by atoms with Gasteiger partial charge in [0.05, 0.1) is 30.6 Å². The van der Waals surface area contributed by atoms with E-state index >= 15 is 0 Å². The minimum absolute atomic E-state index is 0.0534. The maximum absolute atomic E-state index is 13.3. The summed E-state index contributed by atoms with van der Waals surface area (Å²) in [6.07, 6.45) is 1.75. The average molecular weight is 457 g/mol. The lowest BCUT2D eigenvalue weighted by atomic mass is 10.1. The third-order valence-electron chi connectivity index (χ3n) is 5.65. The van der Waals surface area contributed by atoms with Crippen LogP contribution in [0, 0.1) is 13.8 Å². The first kappa shape index (κ1) is 22.2. The number of thiazole rings is 1. The van der Waals surface area contributed by atoms with Crippen molar-refractivity contribution in [1.82, 2.24) is 19.5 Å². The number of hydrogen-bond acceptors (Lipinski definition) is 9. The summed E-state index contributed by atoms with van der Waals surface area (Å²) in [6.45, 7) is 7.73. The molecule has 1 fully saturated rings. The van der Waals surface area contributed by atoms with Crippen LogP contribution in [0.2, 0.25) is 0 Å². The molecule has 0 saturated carbocycles. The van der Waals surface area contributed by atoms with Crippen molar-refractivity contribution >= 4 is 22.2 Å². The van der Waals surface area contributed by atoms with Crippen LogP contribution in [-0.2, 0) is 11.8 Å². The summed E-state index contributed by atoms with van der Waals surface area (Å²) in [4.78, 5) is 29.1. The molecule has 1 N–H and O–H groups in total. The van der Waals surface area contributed by atoms with Crippen molar-refractivity contribution in [3.05, 3.63) is 45.5 Å². The van der Waals surface area contributed by atoms with E-state index in [0.29, 0.717) is 36.2 Å². The minimum Gasteiger partial charge on any atom is -0.481 e. The van der Waals surface area contributed by atoms with E-state index in [-0.39, 0.29) is 17.7 Å². The van der Waals surface area contributed by atoms with Crippen LogP contribution in [0.5, 0.6) is 5.88 Å². The fourth-order valence-electron chi connectivity index (χ4n) is 4.01. The van der Waals surface area contributed by atoms with Gasteiger partial charge in [-0.05, 0) is 26.8 Å². The Morgan fingerprint density at radius 3 is 2.69 bits per heavy atom. The van der Waals surface area contributed by atoms with E-state index in [0.717, 1.165) is 22.9 Å². The molecule has 0 aromatic carbocycles. The fourth-order valence-corrected chi connectivity index (χ4v) is 4.68. The van der Waals surface area contributed by atoms with E-state index in [4.69, 9.17) is 14.5 Å². The van der Waals surface area contributed by atoms with E-state index < -0.39 is 0 Å². The van der Waals surface area contributed by atoms with Crippen molar-refractivity contribution in [2.24, 2.45) is 7.05 Å². The van der Waals surface area contributed by atoms with Gasteiger partial charge in [-0.15, -0.1) is 11.3 Å². The number of anilines is 2. The number of ether oxygens (including phenoxy) is 2. The first-order chi connectivity index (χ1) is 15.4. The molecule has 0 amide bonds. The molecule has 0 aliphatic carbocycles. The highest BCUT2D eigenvalue weighted by atomic mass is 32.1. The number of aromatic nitrogens is 4. The molecule has 0 bridgehead atoms. The Hall–Kier alpha value is -2.98. The van der Waals surface area contributed by atoms with Gasteiger partial charge in [0, 0.05) is 50.0 Å². The number of aryl methyl sites for hydroxylation is 2. The Balaban J connectivity index is 1.64. The minimum atomic E-state index is -0.134. The van der Waals surface area contributed by atoms with Crippen LogP contribution < -0.4 is 20.5 Å². The highest BCUT2D eigenvalue weighted by Gasteiger charge is 2.35. The number of hydrogen-bond donors (Lipinski definition) is 1. The van der Waals surface area contributed by atoms with Gasteiger partial charge in [-0.1, -0.05) is 0 Å². The van der Waals surface area contributed by atoms with Gasteiger partial charge < -0.3 is 19.7 Å². The SMILES string of the molecule is CCOC1CN(c2nccs2)CC1Nc1c(C)nc(-c2ccc(OC)nc2C)n(C)c1=O. The van der Waals surface area contributed by atoms with Crippen LogP contribution in [-0.4, -0.2) is 58.5 Å². The van der Waals surface area contributed by atoms with Gasteiger partial charge in [0.25, 0.3) is 5.56 Å². The summed E-state index contributed by atoms with van der Waals surface area (Å²) < 4.78 is 12.7. The molecule has 0 spiro atoms. The number of nitrogens with one attached hydrogen (secondary N) is 1. The predicted molar refractivity (Wildman–Crippen MR) is 126 cm³/mol. The number of pyridine rings is 1. The topological polar surface area (TPSA) is 94.4 Å². The number of rotatable bonds is 7. The molecule has 4 heterocycles.